The minimum Gasteiger partial charge on any atom is -0.291 e. The van der Waals surface area contributed by atoms with E-state index in [0.29, 0.717) is 5.06 Å². The summed E-state index contributed by atoms with van der Waals surface area (Å²) < 4.78 is 0. The fourth-order valence-corrected chi connectivity index (χ4v) is 0.320. The van der Waals surface area contributed by atoms with Crippen LogP contribution in [0, 0.1) is 0 Å². The van der Waals surface area contributed by atoms with Gasteiger partial charge in [-0.1, -0.05) is 0 Å². The van der Waals surface area contributed by atoms with E-state index in [1.54, 1.807) is 6.29 Å². The van der Waals surface area contributed by atoms with E-state index in [2.05, 4.69) is 0 Å². The van der Waals surface area contributed by atoms with Crippen molar-refractivity contribution in [2.24, 2.45) is 0 Å². The Bertz CT molecular complexity index is 111. The molecule has 4 heteroatoms. The minimum atomic E-state index is -0.474. The summed E-state index contributed by atoms with van der Waals surface area (Å²) in [5.74, 6) is -0.474. The number of rotatable bonds is 3. The number of carbonyl (C=O) groups is 1. The SMILES string of the molecule is CN(O)C(=O)CC[C]=O. The zero-order valence-corrected chi connectivity index (χ0v) is 5.13. The normalized spacial score (nSPS) is 8.67. The Labute approximate surface area is 53.0 Å². The van der Waals surface area contributed by atoms with Gasteiger partial charge in [-0.25, -0.2) is 5.06 Å². The van der Waals surface area contributed by atoms with E-state index in [0.717, 1.165) is 0 Å². The molecule has 0 heterocycles. The molecule has 0 aliphatic heterocycles. The average Bonchev–Trinajstić information content (AvgIpc) is 1.82. The van der Waals surface area contributed by atoms with Crippen LogP contribution < -0.4 is 0 Å². The van der Waals surface area contributed by atoms with E-state index in [9.17, 15) is 9.59 Å². The van der Waals surface area contributed by atoms with Crippen LogP contribution in [-0.4, -0.2) is 29.5 Å². The lowest BCUT2D eigenvalue weighted by Crippen LogP contribution is -2.21. The van der Waals surface area contributed by atoms with Crippen LogP contribution in [-0.2, 0) is 9.59 Å². The molecule has 9 heavy (non-hydrogen) atoms. The van der Waals surface area contributed by atoms with Gasteiger partial charge in [0.05, 0.1) is 0 Å². The Morgan fingerprint density at radius 2 is 2.33 bits per heavy atom. The van der Waals surface area contributed by atoms with Gasteiger partial charge in [0.2, 0.25) is 5.91 Å². The maximum Gasteiger partial charge on any atom is 0.246 e. The molecule has 0 saturated heterocycles. The second-order valence-corrected chi connectivity index (χ2v) is 1.56. The third kappa shape index (κ3) is 3.66. The van der Waals surface area contributed by atoms with Crippen molar-refractivity contribution >= 4 is 12.2 Å². The van der Waals surface area contributed by atoms with Crippen molar-refractivity contribution in [2.75, 3.05) is 7.05 Å². The van der Waals surface area contributed by atoms with Gasteiger partial charge in [-0.3, -0.25) is 14.8 Å². The second-order valence-electron chi connectivity index (χ2n) is 1.56. The molecule has 1 radical (unpaired) electrons. The van der Waals surface area contributed by atoms with E-state index in [-0.39, 0.29) is 12.8 Å². The Hall–Kier alpha value is -0.900. The third-order valence-corrected chi connectivity index (χ3v) is 0.802. The summed E-state index contributed by atoms with van der Waals surface area (Å²) in [4.78, 5) is 20.0. The van der Waals surface area contributed by atoms with Crippen molar-refractivity contribution in [1.29, 1.82) is 0 Å². The van der Waals surface area contributed by atoms with Gasteiger partial charge in [0.1, 0.15) is 0 Å². The molecule has 0 aliphatic carbocycles. The summed E-state index contributed by atoms with van der Waals surface area (Å²) >= 11 is 0. The molecule has 0 rings (SSSR count). The third-order valence-electron chi connectivity index (χ3n) is 0.802. The first-order chi connectivity index (χ1) is 4.18. The molecular formula is C5H8NO3. The molecule has 1 N–H and O–H groups in total. The number of carbonyl (C=O) groups excluding carboxylic acids is 2. The summed E-state index contributed by atoms with van der Waals surface area (Å²) in [5, 5.41) is 8.86. The van der Waals surface area contributed by atoms with E-state index in [4.69, 9.17) is 5.21 Å². The summed E-state index contributed by atoms with van der Waals surface area (Å²) in [7, 11) is 1.22. The van der Waals surface area contributed by atoms with Gasteiger partial charge in [-0.15, -0.1) is 0 Å². The maximum absolute atomic E-state index is 10.4. The van der Waals surface area contributed by atoms with Crippen molar-refractivity contribution in [3.05, 3.63) is 0 Å². The van der Waals surface area contributed by atoms with Gasteiger partial charge >= 0.3 is 0 Å². The summed E-state index contributed by atoms with van der Waals surface area (Å²) in [6, 6.07) is 0. The molecule has 0 atom stereocenters. The van der Waals surface area contributed by atoms with Crippen LogP contribution in [0.4, 0.5) is 0 Å². The average molecular weight is 130 g/mol. The van der Waals surface area contributed by atoms with Crippen molar-refractivity contribution < 1.29 is 14.8 Å². The highest BCUT2D eigenvalue weighted by molar-refractivity contribution is 5.76. The Balaban J connectivity index is 3.38. The van der Waals surface area contributed by atoms with Crippen molar-refractivity contribution in [1.82, 2.24) is 5.06 Å². The highest BCUT2D eigenvalue weighted by Gasteiger charge is 2.03. The molecule has 0 aromatic rings. The molecular weight excluding hydrogens is 122 g/mol. The largest absolute Gasteiger partial charge is 0.291 e. The topological polar surface area (TPSA) is 57.6 Å². The highest BCUT2D eigenvalue weighted by atomic mass is 16.5. The Kier molecular flexibility index (Phi) is 3.62. The summed E-state index contributed by atoms with van der Waals surface area (Å²) in [6.07, 6.45) is 1.61. The van der Waals surface area contributed by atoms with Crippen LogP contribution in [0.15, 0.2) is 0 Å². The lowest BCUT2D eigenvalue weighted by atomic mass is 10.3. The van der Waals surface area contributed by atoms with E-state index in [1.807, 2.05) is 0 Å². The Morgan fingerprint density at radius 3 is 2.67 bits per heavy atom. The molecule has 0 fully saturated rings. The summed E-state index contributed by atoms with van der Waals surface area (Å²) in [5.41, 5.74) is 0. The van der Waals surface area contributed by atoms with Gasteiger partial charge in [-0.05, 0) is 0 Å². The molecule has 0 saturated carbocycles. The molecule has 0 aliphatic rings. The highest BCUT2D eigenvalue weighted by Crippen LogP contribution is 1.88. The van der Waals surface area contributed by atoms with Gasteiger partial charge in [0, 0.05) is 19.9 Å². The molecule has 0 unspecified atom stereocenters. The first kappa shape index (κ1) is 8.10. The number of amides is 1. The Morgan fingerprint density at radius 1 is 1.78 bits per heavy atom. The van der Waals surface area contributed by atoms with Gasteiger partial charge in [0.25, 0.3) is 0 Å². The van der Waals surface area contributed by atoms with Crippen LogP contribution >= 0.6 is 0 Å². The quantitative estimate of drug-likeness (QED) is 0.422. The molecule has 0 aromatic carbocycles. The smallest absolute Gasteiger partial charge is 0.246 e. The van der Waals surface area contributed by atoms with Crippen molar-refractivity contribution in [2.45, 2.75) is 12.8 Å². The van der Waals surface area contributed by atoms with Gasteiger partial charge in [0.15, 0.2) is 6.29 Å². The lowest BCUT2D eigenvalue weighted by Gasteiger charge is -2.04. The van der Waals surface area contributed by atoms with Crippen molar-refractivity contribution in [3.8, 4) is 0 Å². The fourth-order valence-electron chi connectivity index (χ4n) is 0.320. The fraction of sp³-hybridized carbons (Fsp3) is 0.600. The maximum atomic E-state index is 10.4. The van der Waals surface area contributed by atoms with Crippen LogP contribution in [0.1, 0.15) is 12.8 Å². The number of hydrogen-bond acceptors (Lipinski definition) is 3. The van der Waals surface area contributed by atoms with Gasteiger partial charge < -0.3 is 0 Å². The monoisotopic (exact) mass is 130 g/mol. The van der Waals surface area contributed by atoms with Crippen LogP contribution in [0.2, 0.25) is 0 Å². The molecule has 1 amide bonds. The van der Waals surface area contributed by atoms with Gasteiger partial charge in [-0.2, -0.15) is 0 Å². The van der Waals surface area contributed by atoms with Crippen molar-refractivity contribution in [3.63, 3.8) is 0 Å². The van der Waals surface area contributed by atoms with Crippen LogP contribution in [0.5, 0.6) is 0 Å². The first-order valence-corrected chi connectivity index (χ1v) is 2.49. The standard InChI is InChI=1S/C5H8NO3/c1-6(9)5(8)3-2-4-7/h9H,2-3H2,1H3. The zero-order chi connectivity index (χ0) is 7.28. The molecule has 51 valence electrons. The van der Waals surface area contributed by atoms with E-state index < -0.39 is 5.91 Å². The van der Waals surface area contributed by atoms with Crippen LogP contribution in [0.3, 0.4) is 0 Å². The zero-order valence-electron chi connectivity index (χ0n) is 5.13. The second kappa shape index (κ2) is 4.03. The van der Waals surface area contributed by atoms with Crippen LogP contribution in [0.25, 0.3) is 0 Å². The number of nitrogens with zero attached hydrogens (tertiary/aromatic N) is 1. The molecule has 4 nitrogen and oxygen atoms in total. The molecule has 0 spiro atoms. The lowest BCUT2D eigenvalue weighted by molar-refractivity contribution is -0.159. The van der Waals surface area contributed by atoms with E-state index >= 15 is 0 Å². The molecule has 0 aromatic heterocycles. The first-order valence-electron chi connectivity index (χ1n) is 2.49. The number of hydroxylamine groups is 2. The predicted molar refractivity (Wildman–Crippen MR) is 29.5 cm³/mol. The predicted octanol–water partition coefficient (Wildman–Crippen LogP) is -0.276. The summed E-state index contributed by atoms with van der Waals surface area (Å²) in [6.45, 7) is 0. The number of hydrogen-bond donors (Lipinski definition) is 1. The van der Waals surface area contributed by atoms with E-state index in [1.165, 1.54) is 7.05 Å². The minimum absolute atomic E-state index is 0.0243. The molecule has 0 bridgehead atoms.